The van der Waals surface area contributed by atoms with Crippen molar-refractivity contribution in [1.82, 2.24) is 4.98 Å². The van der Waals surface area contributed by atoms with E-state index in [1.54, 1.807) is 0 Å². The molecular formula is C16H16FNO2. The van der Waals surface area contributed by atoms with Crippen molar-refractivity contribution in [3.63, 3.8) is 0 Å². The predicted octanol–water partition coefficient (Wildman–Crippen LogP) is 2.96. The first kappa shape index (κ1) is 13.2. The zero-order valence-corrected chi connectivity index (χ0v) is 11.0. The van der Waals surface area contributed by atoms with Gasteiger partial charge in [0, 0.05) is 6.42 Å². The Morgan fingerprint density at radius 3 is 2.95 bits per heavy atom. The lowest BCUT2D eigenvalue weighted by Gasteiger charge is -2.27. The lowest BCUT2D eigenvalue weighted by molar-refractivity contribution is 0.00279. The van der Waals surface area contributed by atoms with E-state index in [0.29, 0.717) is 18.7 Å². The van der Waals surface area contributed by atoms with Gasteiger partial charge in [0.1, 0.15) is 5.82 Å². The summed E-state index contributed by atoms with van der Waals surface area (Å²) in [4.78, 5) is 3.92. The average molecular weight is 273 g/mol. The lowest BCUT2D eigenvalue weighted by Crippen LogP contribution is -2.18. The molecule has 1 aliphatic heterocycles. The summed E-state index contributed by atoms with van der Waals surface area (Å²) in [5.41, 5.74) is 2.86. The fraction of sp³-hybridized carbons (Fsp3) is 0.312. The van der Waals surface area contributed by atoms with Crippen LogP contribution >= 0.6 is 0 Å². The summed E-state index contributed by atoms with van der Waals surface area (Å²) in [6.45, 7) is 0.658. The Bertz CT molecular complexity index is 585. The van der Waals surface area contributed by atoms with Crippen LogP contribution in [0.4, 0.5) is 4.39 Å². The van der Waals surface area contributed by atoms with Crippen molar-refractivity contribution in [2.24, 2.45) is 0 Å². The fourth-order valence-corrected chi connectivity index (χ4v) is 2.58. The predicted molar refractivity (Wildman–Crippen MR) is 72.6 cm³/mol. The number of benzene rings is 1. The van der Waals surface area contributed by atoms with Gasteiger partial charge >= 0.3 is 0 Å². The Morgan fingerprint density at radius 2 is 2.15 bits per heavy atom. The van der Waals surface area contributed by atoms with Crippen LogP contribution in [-0.2, 0) is 11.2 Å². The number of hydrogen-bond acceptors (Lipinski definition) is 3. The second-order valence-corrected chi connectivity index (χ2v) is 4.96. The molecule has 0 radical (unpaired) electrons. The topological polar surface area (TPSA) is 42.4 Å². The van der Waals surface area contributed by atoms with Crippen LogP contribution in [0.2, 0.25) is 0 Å². The van der Waals surface area contributed by atoms with E-state index >= 15 is 0 Å². The van der Waals surface area contributed by atoms with Crippen molar-refractivity contribution >= 4 is 0 Å². The molecule has 0 spiro atoms. The summed E-state index contributed by atoms with van der Waals surface area (Å²) in [5, 5.41) is 10.2. The molecule has 4 heteroatoms. The van der Waals surface area contributed by atoms with E-state index in [0.717, 1.165) is 18.2 Å². The molecule has 1 aliphatic rings. The number of pyridine rings is 1. The highest BCUT2D eigenvalue weighted by atomic mass is 19.1. The molecule has 2 atom stereocenters. The van der Waals surface area contributed by atoms with Gasteiger partial charge in [-0.05, 0) is 29.7 Å². The maximum absolute atomic E-state index is 12.8. The van der Waals surface area contributed by atoms with E-state index in [9.17, 15) is 9.50 Å². The van der Waals surface area contributed by atoms with Crippen LogP contribution in [0.5, 0.6) is 0 Å². The molecule has 3 rings (SSSR count). The third kappa shape index (κ3) is 2.71. The van der Waals surface area contributed by atoms with Crippen molar-refractivity contribution in [2.45, 2.75) is 25.0 Å². The van der Waals surface area contributed by atoms with Crippen LogP contribution in [0.25, 0.3) is 0 Å². The van der Waals surface area contributed by atoms with Crippen molar-refractivity contribution in [3.05, 3.63) is 65.2 Å². The van der Waals surface area contributed by atoms with E-state index in [2.05, 4.69) is 11.1 Å². The molecular weight excluding hydrogens is 257 g/mol. The highest BCUT2D eigenvalue weighted by Gasteiger charge is 2.24. The third-order valence-electron chi connectivity index (χ3n) is 3.62. The summed E-state index contributed by atoms with van der Waals surface area (Å²) < 4.78 is 18.6. The summed E-state index contributed by atoms with van der Waals surface area (Å²) in [5.74, 6) is -0.403. The van der Waals surface area contributed by atoms with Gasteiger partial charge in [-0.25, -0.2) is 4.39 Å². The Balaban J connectivity index is 1.77. The quantitative estimate of drug-likeness (QED) is 0.935. The second-order valence-electron chi connectivity index (χ2n) is 4.96. The molecule has 1 aromatic heterocycles. The number of halogens is 1. The molecule has 20 heavy (non-hydrogen) atoms. The summed E-state index contributed by atoms with van der Waals surface area (Å²) >= 11 is 0. The first-order chi connectivity index (χ1) is 9.74. The number of aromatic nitrogens is 1. The molecule has 2 heterocycles. The number of aliphatic hydroxyl groups is 1. The Labute approximate surface area is 117 Å². The highest BCUT2D eigenvalue weighted by molar-refractivity contribution is 5.31. The molecule has 0 bridgehead atoms. The van der Waals surface area contributed by atoms with Crippen LogP contribution in [-0.4, -0.2) is 16.7 Å². The van der Waals surface area contributed by atoms with E-state index < -0.39 is 11.9 Å². The number of fused-ring (bicyclic) bond motifs is 1. The first-order valence-electron chi connectivity index (χ1n) is 6.73. The van der Waals surface area contributed by atoms with E-state index in [-0.39, 0.29) is 6.10 Å². The van der Waals surface area contributed by atoms with E-state index in [1.165, 1.54) is 17.7 Å². The Hall–Kier alpha value is -1.78. The SMILES string of the molecule is OC(CC1OCCc2ccccc21)c1ccc(F)cn1. The van der Waals surface area contributed by atoms with Gasteiger partial charge in [-0.2, -0.15) is 0 Å². The zero-order chi connectivity index (χ0) is 13.9. The first-order valence-corrected chi connectivity index (χ1v) is 6.73. The number of aliphatic hydroxyl groups excluding tert-OH is 1. The van der Waals surface area contributed by atoms with Crippen molar-refractivity contribution < 1.29 is 14.2 Å². The van der Waals surface area contributed by atoms with Gasteiger partial charge in [-0.1, -0.05) is 24.3 Å². The monoisotopic (exact) mass is 273 g/mol. The summed E-state index contributed by atoms with van der Waals surface area (Å²) in [6, 6.07) is 10.9. The Morgan fingerprint density at radius 1 is 1.30 bits per heavy atom. The molecule has 3 nitrogen and oxygen atoms in total. The van der Waals surface area contributed by atoms with E-state index in [1.807, 2.05) is 18.2 Å². The lowest BCUT2D eigenvalue weighted by atomic mass is 9.93. The third-order valence-corrected chi connectivity index (χ3v) is 3.62. The molecule has 0 saturated heterocycles. The molecule has 2 unspecified atom stereocenters. The molecule has 1 N–H and O–H groups in total. The van der Waals surface area contributed by atoms with Gasteiger partial charge in [0.25, 0.3) is 0 Å². The number of ether oxygens (including phenoxy) is 1. The largest absolute Gasteiger partial charge is 0.387 e. The van der Waals surface area contributed by atoms with Crippen LogP contribution in [0.15, 0.2) is 42.6 Å². The molecule has 0 saturated carbocycles. The van der Waals surface area contributed by atoms with Gasteiger partial charge in [-0.3, -0.25) is 4.98 Å². The van der Waals surface area contributed by atoms with Gasteiger partial charge in [-0.15, -0.1) is 0 Å². The summed E-state index contributed by atoms with van der Waals surface area (Å²) in [6.07, 6.45) is 1.55. The minimum Gasteiger partial charge on any atom is -0.387 e. The van der Waals surface area contributed by atoms with Crippen LogP contribution in [0.3, 0.4) is 0 Å². The normalized spacial score (nSPS) is 19.4. The number of rotatable bonds is 3. The van der Waals surface area contributed by atoms with Crippen molar-refractivity contribution in [1.29, 1.82) is 0 Å². The number of nitrogens with zero attached hydrogens (tertiary/aromatic N) is 1. The minimum atomic E-state index is -0.758. The zero-order valence-electron chi connectivity index (χ0n) is 11.0. The molecule has 0 fully saturated rings. The van der Waals surface area contributed by atoms with Crippen molar-refractivity contribution in [3.8, 4) is 0 Å². The van der Waals surface area contributed by atoms with Gasteiger partial charge in [0.2, 0.25) is 0 Å². The van der Waals surface area contributed by atoms with E-state index in [4.69, 9.17) is 4.74 Å². The standard InChI is InChI=1S/C16H16FNO2/c17-12-5-6-14(18-10-12)15(19)9-16-13-4-2-1-3-11(13)7-8-20-16/h1-6,10,15-16,19H,7-9H2. The average Bonchev–Trinajstić information content (AvgIpc) is 2.48. The fourth-order valence-electron chi connectivity index (χ4n) is 2.58. The molecule has 104 valence electrons. The molecule has 1 aromatic carbocycles. The van der Waals surface area contributed by atoms with Crippen LogP contribution in [0, 0.1) is 5.82 Å². The minimum absolute atomic E-state index is 0.137. The Kier molecular flexibility index (Phi) is 3.76. The molecule has 0 amide bonds. The highest BCUT2D eigenvalue weighted by Crippen LogP contribution is 2.33. The number of hydrogen-bond donors (Lipinski definition) is 1. The van der Waals surface area contributed by atoms with Crippen molar-refractivity contribution in [2.75, 3.05) is 6.61 Å². The second kappa shape index (κ2) is 5.69. The maximum atomic E-state index is 12.8. The summed E-state index contributed by atoms with van der Waals surface area (Å²) in [7, 11) is 0. The maximum Gasteiger partial charge on any atom is 0.141 e. The smallest absolute Gasteiger partial charge is 0.141 e. The van der Waals surface area contributed by atoms with Gasteiger partial charge < -0.3 is 9.84 Å². The molecule has 2 aromatic rings. The van der Waals surface area contributed by atoms with Crippen LogP contribution in [0.1, 0.15) is 35.4 Å². The van der Waals surface area contributed by atoms with Gasteiger partial charge in [0.05, 0.1) is 30.7 Å². The van der Waals surface area contributed by atoms with Crippen LogP contribution < -0.4 is 0 Å². The van der Waals surface area contributed by atoms with Gasteiger partial charge in [0.15, 0.2) is 0 Å². The molecule has 0 aliphatic carbocycles.